The molecule has 10 nitrogen and oxygen atoms in total. The van der Waals surface area contributed by atoms with Crippen LogP contribution in [0.5, 0.6) is 0 Å². The molecule has 1 aliphatic heterocycles. The quantitative estimate of drug-likeness (QED) is 0.0467. The third-order valence-electron chi connectivity index (χ3n) is 21.5. The van der Waals surface area contributed by atoms with Crippen LogP contribution in [-0.4, -0.2) is 79.1 Å². The highest BCUT2D eigenvalue weighted by Crippen LogP contribution is 2.36. The first-order valence-corrected chi connectivity index (χ1v) is 40.2. The van der Waals surface area contributed by atoms with Gasteiger partial charge in [-0.25, -0.2) is 0 Å². The summed E-state index contributed by atoms with van der Waals surface area (Å²) in [5.74, 6) is 0.325. The fourth-order valence-electron chi connectivity index (χ4n) is 15.7. The van der Waals surface area contributed by atoms with Crippen LogP contribution in [0.15, 0.2) is 278 Å². The molecule has 1 fully saturated rings. The Kier molecular flexibility index (Phi) is 24.7. The van der Waals surface area contributed by atoms with Crippen LogP contribution < -0.4 is 0 Å². The standard InChI is InChI=1S/C26H26N2O2.C24H22BrNO.C24H22ClNO.C24H23NO/c1-19-10-11-23(21-7-3-2-6-20(19)21)26(29)24-18-28(25-9-5-4-8-22(24)25)13-12-27-14-16-30-17-15-27;1-2-3-6-15-26-16-20(18-11-4-5-14-22(18)26)24(27)19-12-7-9-17-10-8-13-21(25)23(17)19;1-2-3-8-15-26-16-21(19-11-6-7-12-23(19)26)24(27)20-13-14-22(25)18-10-5-4-9-17(18)20;1-2-3-8-16-25-17-22(20-13-6-7-15-23(20)25)24(26)21-14-9-11-18-10-4-5-12-19(18)21/h2-11,18H,12-17H2,1H3;4-5,7-14,16H,2-3,6,15H2,1H3;4-7,9-14,16H,2-3,8,15H2,1H3;4-7,9-15,17H,2-3,8,16H2,1H3. The van der Waals surface area contributed by atoms with Gasteiger partial charge in [-0.1, -0.05) is 293 Å². The number of carbonyl (C=O) groups excluding carboxylic acids is 4. The minimum Gasteiger partial charge on any atom is -0.379 e. The largest absolute Gasteiger partial charge is 0.379 e. The van der Waals surface area contributed by atoms with E-state index in [-0.39, 0.29) is 23.1 Å². The van der Waals surface area contributed by atoms with Crippen molar-refractivity contribution >= 4 is 137 Å². The van der Waals surface area contributed by atoms with Crippen molar-refractivity contribution in [1.29, 1.82) is 0 Å². The van der Waals surface area contributed by atoms with E-state index in [1.807, 2.05) is 213 Å². The zero-order valence-corrected chi connectivity index (χ0v) is 65.6. The molecule has 0 bridgehead atoms. The van der Waals surface area contributed by atoms with Crippen molar-refractivity contribution in [2.75, 3.05) is 32.8 Å². The summed E-state index contributed by atoms with van der Waals surface area (Å²) >= 11 is 9.96. The Morgan fingerprint density at radius 1 is 0.327 bits per heavy atom. The molecule has 0 amide bonds. The molecule has 4 aromatic heterocycles. The number of carbonyl (C=O) groups is 4. The van der Waals surface area contributed by atoms with E-state index < -0.39 is 0 Å². The molecule has 554 valence electrons. The van der Waals surface area contributed by atoms with E-state index in [9.17, 15) is 19.2 Å². The van der Waals surface area contributed by atoms with E-state index >= 15 is 0 Å². The van der Waals surface area contributed by atoms with Gasteiger partial charge in [0.15, 0.2) is 23.1 Å². The fourth-order valence-corrected chi connectivity index (χ4v) is 16.5. The van der Waals surface area contributed by atoms with Gasteiger partial charge in [-0.3, -0.25) is 24.1 Å². The number of hydrogen-bond acceptors (Lipinski definition) is 6. The van der Waals surface area contributed by atoms with Crippen molar-refractivity contribution in [3.05, 3.63) is 333 Å². The number of halogens is 2. The van der Waals surface area contributed by atoms with Gasteiger partial charge in [0.05, 0.1) is 13.2 Å². The third kappa shape index (κ3) is 16.4. The van der Waals surface area contributed by atoms with Gasteiger partial charge < -0.3 is 23.0 Å². The normalized spacial score (nSPS) is 12.3. The number of benzene rings is 12. The van der Waals surface area contributed by atoms with Crippen LogP contribution >= 0.6 is 27.5 Å². The maximum Gasteiger partial charge on any atom is 0.195 e. The second-order valence-electron chi connectivity index (χ2n) is 28.7. The maximum atomic E-state index is 13.7. The van der Waals surface area contributed by atoms with Gasteiger partial charge >= 0.3 is 0 Å². The predicted octanol–water partition coefficient (Wildman–Crippen LogP) is 24.7. The number of para-hydroxylation sites is 4. The zero-order valence-electron chi connectivity index (χ0n) is 63.2. The second kappa shape index (κ2) is 35.7. The molecule has 0 atom stereocenters. The van der Waals surface area contributed by atoms with Crippen molar-refractivity contribution in [3.8, 4) is 0 Å². The summed E-state index contributed by atoms with van der Waals surface area (Å²) in [6, 6.07) is 82.5. The van der Waals surface area contributed by atoms with Crippen molar-refractivity contribution in [2.45, 2.75) is 112 Å². The van der Waals surface area contributed by atoms with Gasteiger partial charge in [0.1, 0.15) is 0 Å². The van der Waals surface area contributed by atoms with E-state index in [1.54, 1.807) is 0 Å². The van der Waals surface area contributed by atoms with E-state index in [2.05, 4.69) is 127 Å². The van der Waals surface area contributed by atoms with E-state index in [4.69, 9.17) is 16.3 Å². The molecular weight excluding hydrogens is 1440 g/mol. The number of morpholine rings is 1. The predicted molar refractivity (Wildman–Crippen MR) is 461 cm³/mol. The molecule has 5 heterocycles. The monoisotopic (exact) mass is 1530 g/mol. The average Bonchev–Trinajstić information content (AvgIpc) is 1.57. The lowest BCUT2D eigenvalue weighted by Crippen LogP contribution is -2.38. The van der Waals surface area contributed by atoms with Crippen LogP contribution in [0, 0.1) is 6.92 Å². The van der Waals surface area contributed by atoms with Gasteiger partial charge in [0.25, 0.3) is 0 Å². The maximum absolute atomic E-state index is 13.7. The first-order chi connectivity index (χ1) is 53.9. The first kappa shape index (κ1) is 76.0. The molecule has 0 spiro atoms. The molecule has 0 radical (unpaired) electrons. The third-order valence-corrected chi connectivity index (χ3v) is 22.5. The van der Waals surface area contributed by atoms with Gasteiger partial charge in [0, 0.05) is 179 Å². The minimum absolute atomic E-state index is 0.0494. The van der Waals surface area contributed by atoms with Gasteiger partial charge in [-0.05, 0) is 107 Å². The van der Waals surface area contributed by atoms with E-state index in [0.29, 0.717) is 10.6 Å². The van der Waals surface area contributed by atoms with E-state index in [0.717, 1.165) is 208 Å². The lowest BCUT2D eigenvalue weighted by atomic mass is 9.95. The highest BCUT2D eigenvalue weighted by atomic mass is 79.9. The molecule has 0 unspecified atom stereocenters. The molecule has 16 aromatic rings. The van der Waals surface area contributed by atoms with Crippen LogP contribution in [0.1, 0.15) is 148 Å². The van der Waals surface area contributed by atoms with Crippen molar-refractivity contribution in [1.82, 2.24) is 23.2 Å². The van der Waals surface area contributed by atoms with Crippen LogP contribution in [0.25, 0.3) is 86.7 Å². The number of nitrogens with zero attached hydrogens (tertiary/aromatic N) is 5. The second-order valence-corrected chi connectivity index (χ2v) is 30.0. The number of aromatic nitrogens is 4. The lowest BCUT2D eigenvalue weighted by molar-refractivity contribution is 0.0365. The van der Waals surface area contributed by atoms with Crippen LogP contribution in [0.4, 0.5) is 0 Å². The van der Waals surface area contributed by atoms with Crippen molar-refractivity contribution in [2.24, 2.45) is 0 Å². The number of ether oxygens (including phenoxy) is 1. The molecule has 17 rings (SSSR count). The highest BCUT2D eigenvalue weighted by Gasteiger charge is 2.25. The highest BCUT2D eigenvalue weighted by molar-refractivity contribution is 9.10. The minimum atomic E-state index is 0.0494. The van der Waals surface area contributed by atoms with Gasteiger partial charge in [-0.15, -0.1) is 0 Å². The van der Waals surface area contributed by atoms with Crippen LogP contribution in [-0.2, 0) is 30.9 Å². The summed E-state index contributed by atoms with van der Waals surface area (Å²) in [7, 11) is 0. The summed E-state index contributed by atoms with van der Waals surface area (Å²) in [6.07, 6.45) is 18.7. The summed E-state index contributed by atoms with van der Waals surface area (Å²) in [5, 5.41) is 12.9. The van der Waals surface area contributed by atoms with Crippen LogP contribution in [0.2, 0.25) is 5.02 Å². The Balaban J connectivity index is 0.000000122. The SMILES string of the molecule is CCCCCn1cc(C(=O)c2ccc(Cl)c3ccccc23)c2ccccc21.CCCCCn1cc(C(=O)c2cccc3cccc(Br)c23)c2ccccc21.CCCCCn1cc(C(=O)c2cccc3ccccc23)c2ccccc21.Cc1ccc(C(=O)c2cn(CCN3CCOCC3)c3ccccc23)c2ccccc12. The average molecular weight is 1540 g/mol. The summed E-state index contributed by atoms with van der Waals surface area (Å²) in [5.41, 5.74) is 11.8. The number of fused-ring (bicyclic) bond motifs is 8. The topological polar surface area (TPSA) is 100 Å². The van der Waals surface area contributed by atoms with E-state index in [1.165, 1.54) is 44.1 Å². The Bertz CT molecular complexity index is 6000. The fraction of sp³-hybridized carbons (Fsp3) is 0.224. The molecule has 12 heteroatoms. The molecule has 12 aromatic carbocycles. The molecule has 1 aliphatic rings. The molecule has 110 heavy (non-hydrogen) atoms. The molecule has 0 aliphatic carbocycles. The summed E-state index contributed by atoms with van der Waals surface area (Å²) < 4.78 is 15.3. The van der Waals surface area contributed by atoms with Gasteiger partial charge in [0.2, 0.25) is 0 Å². The zero-order chi connectivity index (χ0) is 76.0. The molecule has 1 saturated heterocycles. The first-order valence-electron chi connectivity index (χ1n) is 39.0. The van der Waals surface area contributed by atoms with Crippen molar-refractivity contribution in [3.63, 3.8) is 0 Å². The van der Waals surface area contributed by atoms with Crippen molar-refractivity contribution < 1.29 is 23.9 Å². The smallest absolute Gasteiger partial charge is 0.195 e. The summed E-state index contributed by atoms with van der Waals surface area (Å²) in [6.45, 7) is 16.9. The number of ketones is 4. The number of unbranched alkanes of at least 4 members (excludes halogenated alkanes) is 6. The molecular formula is C98H93BrClN5O5. The Hall–Kier alpha value is -10.8. The Labute approximate surface area is 657 Å². The number of hydrogen-bond donors (Lipinski definition) is 0. The molecule has 0 saturated carbocycles. The molecule has 0 N–H and O–H groups in total. The van der Waals surface area contributed by atoms with Crippen LogP contribution in [0.3, 0.4) is 0 Å². The Morgan fingerprint density at radius 3 is 1.15 bits per heavy atom. The van der Waals surface area contributed by atoms with Gasteiger partial charge in [-0.2, -0.15) is 0 Å². The Morgan fingerprint density at radius 2 is 0.673 bits per heavy atom. The number of rotatable bonds is 23. The number of aryl methyl sites for hydroxylation is 4. The lowest BCUT2D eigenvalue weighted by Gasteiger charge is -2.26. The summed E-state index contributed by atoms with van der Waals surface area (Å²) in [4.78, 5) is 56.5.